The molecule has 15 heavy (non-hydrogen) atoms. The van der Waals surface area contributed by atoms with Gasteiger partial charge in [0.2, 0.25) is 0 Å². The third kappa shape index (κ3) is 6.71. The Balaban J connectivity index is 4.21. The molecule has 0 saturated carbocycles. The van der Waals surface area contributed by atoms with Crippen molar-refractivity contribution in [1.82, 2.24) is 0 Å². The van der Waals surface area contributed by atoms with Crippen molar-refractivity contribution < 1.29 is 9.53 Å². The van der Waals surface area contributed by atoms with Crippen LogP contribution in [0.1, 0.15) is 27.2 Å². The first-order chi connectivity index (χ1) is 7.11. The molecule has 0 amide bonds. The lowest BCUT2D eigenvalue weighted by atomic mass is 10.0. The van der Waals surface area contributed by atoms with Crippen LogP contribution in [0.3, 0.4) is 0 Å². The lowest BCUT2D eigenvalue weighted by Gasteiger charge is -2.14. The number of hydrogen-bond donors (Lipinski definition) is 1. The second-order valence-corrected chi connectivity index (χ2v) is 3.50. The number of rotatable bonds is 6. The van der Waals surface area contributed by atoms with Gasteiger partial charge in [-0.1, -0.05) is 13.8 Å². The van der Waals surface area contributed by atoms with Gasteiger partial charge in [-0.2, -0.15) is 0 Å². The summed E-state index contributed by atoms with van der Waals surface area (Å²) < 4.78 is 4.87. The summed E-state index contributed by atoms with van der Waals surface area (Å²) >= 11 is 0. The van der Waals surface area contributed by atoms with Crippen molar-refractivity contribution in [3.8, 4) is 0 Å². The number of nitrogens with two attached hydrogens (primary N) is 1. The van der Waals surface area contributed by atoms with Gasteiger partial charge < -0.3 is 10.5 Å². The maximum absolute atomic E-state index is 11.3. The highest BCUT2D eigenvalue weighted by molar-refractivity contribution is 5.73. The van der Waals surface area contributed by atoms with Gasteiger partial charge in [0.15, 0.2) is 0 Å². The lowest BCUT2D eigenvalue weighted by Crippen LogP contribution is -2.19. The maximum Gasteiger partial charge on any atom is 0.307 e. The molecule has 1 unspecified atom stereocenters. The highest BCUT2D eigenvalue weighted by Gasteiger charge is 2.16. The molecule has 4 heteroatoms. The van der Waals surface area contributed by atoms with Gasteiger partial charge in [-0.15, -0.1) is 0 Å². The summed E-state index contributed by atoms with van der Waals surface area (Å²) in [6.07, 6.45) is 4.98. The zero-order valence-electron chi connectivity index (χ0n) is 9.64. The number of esters is 1. The summed E-state index contributed by atoms with van der Waals surface area (Å²) in [7, 11) is 0. The van der Waals surface area contributed by atoms with E-state index in [-0.39, 0.29) is 12.0 Å². The molecule has 2 N–H and O–H groups in total. The number of aliphatic imine (C=N–C) groups is 1. The van der Waals surface area contributed by atoms with Crippen molar-refractivity contribution in [3.05, 3.63) is 12.3 Å². The van der Waals surface area contributed by atoms with E-state index >= 15 is 0 Å². The molecule has 1 atom stereocenters. The van der Waals surface area contributed by atoms with Crippen molar-refractivity contribution >= 4 is 12.2 Å². The van der Waals surface area contributed by atoms with E-state index in [0.29, 0.717) is 18.9 Å². The molecule has 0 aliphatic heterocycles. The molecule has 0 spiro atoms. The van der Waals surface area contributed by atoms with E-state index in [4.69, 9.17) is 10.5 Å². The van der Waals surface area contributed by atoms with Crippen molar-refractivity contribution in [2.75, 3.05) is 6.61 Å². The predicted octanol–water partition coefficient (Wildman–Crippen LogP) is 1.51. The minimum Gasteiger partial charge on any atom is -0.466 e. The highest BCUT2D eigenvalue weighted by Crippen LogP contribution is 2.11. The van der Waals surface area contributed by atoms with Gasteiger partial charge in [0, 0.05) is 6.21 Å². The zero-order chi connectivity index (χ0) is 11.7. The Morgan fingerprint density at radius 3 is 2.67 bits per heavy atom. The van der Waals surface area contributed by atoms with Crippen molar-refractivity contribution in [3.63, 3.8) is 0 Å². The molecule has 0 aliphatic rings. The largest absolute Gasteiger partial charge is 0.466 e. The second kappa shape index (κ2) is 8.03. The summed E-state index contributed by atoms with van der Waals surface area (Å²) in [5, 5.41) is 0. The minimum atomic E-state index is -0.204. The summed E-state index contributed by atoms with van der Waals surface area (Å²) in [5.74, 6) is 0.0990. The van der Waals surface area contributed by atoms with Crippen LogP contribution in [0, 0.1) is 5.92 Å². The molecule has 0 aromatic carbocycles. The molecule has 86 valence electrons. The smallest absolute Gasteiger partial charge is 0.307 e. The first-order valence-electron chi connectivity index (χ1n) is 5.17. The van der Waals surface area contributed by atoms with Crippen LogP contribution in [-0.4, -0.2) is 24.8 Å². The van der Waals surface area contributed by atoms with Crippen LogP contribution in [0.25, 0.3) is 0 Å². The van der Waals surface area contributed by atoms with Crippen molar-refractivity contribution in [2.45, 2.75) is 33.2 Å². The molecule has 0 heterocycles. The number of hydrogen-bond acceptors (Lipinski definition) is 4. The second-order valence-electron chi connectivity index (χ2n) is 3.50. The van der Waals surface area contributed by atoms with Gasteiger partial charge in [-0.05, 0) is 25.1 Å². The maximum atomic E-state index is 11.3. The molecular formula is C11H20N2O2. The monoisotopic (exact) mass is 212 g/mol. The Morgan fingerprint density at radius 2 is 2.20 bits per heavy atom. The summed E-state index contributed by atoms with van der Waals surface area (Å²) in [6.45, 7) is 6.25. The van der Waals surface area contributed by atoms with Gasteiger partial charge in [-0.3, -0.25) is 9.79 Å². The predicted molar refractivity (Wildman–Crippen MR) is 61.7 cm³/mol. The van der Waals surface area contributed by atoms with E-state index in [1.807, 2.05) is 13.8 Å². The van der Waals surface area contributed by atoms with Crippen LogP contribution in [-0.2, 0) is 9.53 Å². The molecule has 0 aromatic heterocycles. The third-order valence-corrected chi connectivity index (χ3v) is 1.93. The quantitative estimate of drug-likeness (QED) is 0.536. The van der Waals surface area contributed by atoms with Gasteiger partial charge in [0.05, 0.1) is 19.1 Å². The molecule has 0 radical (unpaired) electrons. The number of ether oxygens (including phenoxy) is 1. The van der Waals surface area contributed by atoms with Crippen LogP contribution in [0.2, 0.25) is 0 Å². The van der Waals surface area contributed by atoms with Crippen LogP contribution in [0.5, 0.6) is 0 Å². The van der Waals surface area contributed by atoms with E-state index in [9.17, 15) is 4.79 Å². The molecule has 4 nitrogen and oxygen atoms in total. The molecule has 0 bridgehead atoms. The molecule has 0 saturated heterocycles. The topological polar surface area (TPSA) is 64.7 Å². The Bertz CT molecular complexity index is 235. The Morgan fingerprint density at radius 1 is 1.53 bits per heavy atom. The number of carbonyl (C=O) groups excluding carboxylic acids is 1. The first kappa shape index (κ1) is 13.7. The van der Waals surface area contributed by atoms with Crippen molar-refractivity contribution in [2.24, 2.45) is 16.6 Å². The summed E-state index contributed by atoms with van der Waals surface area (Å²) in [6, 6.07) is -0.0414. The SMILES string of the molecule is CCOC(=O)CC(N=CC=CN)C(C)C. The fraction of sp³-hybridized carbons (Fsp3) is 0.636. The minimum absolute atomic E-state index is 0.0414. The van der Waals surface area contributed by atoms with Gasteiger partial charge in [-0.25, -0.2) is 0 Å². The average Bonchev–Trinajstić information content (AvgIpc) is 2.16. The summed E-state index contributed by atoms with van der Waals surface area (Å²) in [5.41, 5.74) is 5.18. The van der Waals surface area contributed by atoms with Gasteiger partial charge in [0.25, 0.3) is 0 Å². The normalized spacial score (nSPS) is 13.9. The zero-order valence-corrected chi connectivity index (χ0v) is 9.64. The van der Waals surface area contributed by atoms with Gasteiger partial charge in [0.1, 0.15) is 0 Å². The highest BCUT2D eigenvalue weighted by atomic mass is 16.5. The van der Waals surface area contributed by atoms with E-state index in [1.165, 1.54) is 6.20 Å². The van der Waals surface area contributed by atoms with Crippen molar-refractivity contribution in [1.29, 1.82) is 0 Å². The molecule has 0 aromatic rings. The number of nitrogens with zero attached hydrogens (tertiary/aromatic N) is 1. The fourth-order valence-electron chi connectivity index (χ4n) is 1.06. The van der Waals surface area contributed by atoms with E-state index in [1.54, 1.807) is 19.2 Å². The number of allylic oxidation sites excluding steroid dienone is 1. The van der Waals surface area contributed by atoms with Gasteiger partial charge >= 0.3 is 5.97 Å². The summed E-state index contributed by atoms with van der Waals surface area (Å²) in [4.78, 5) is 15.5. The van der Waals surface area contributed by atoms with Crippen LogP contribution >= 0.6 is 0 Å². The molecular weight excluding hydrogens is 192 g/mol. The van der Waals surface area contributed by atoms with Crippen LogP contribution < -0.4 is 5.73 Å². The fourth-order valence-corrected chi connectivity index (χ4v) is 1.06. The Hall–Kier alpha value is -1.32. The average molecular weight is 212 g/mol. The van der Waals surface area contributed by atoms with E-state index in [0.717, 1.165) is 0 Å². The molecule has 0 aliphatic carbocycles. The standard InChI is InChI=1S/C11H20N2O2/c1-4-15-11(14)8-10(9(2)3)13-7-5-6-12/h5-7,9-10H,4,8,12H2,1-3H3. The first-order valence-corrected chi connectivity index (χ1v) is 5.17. The number of carbonyl (C=O) groups is 1. The third-order valence-electron chi connectivity index (χ3n) is 1.93. The van der Waals surface area contributed by atoms with E-state index < -0.39 is 0 Å². The Kier molecular flexibility index (Phi) is 7.32. The Labute approximate surface area is 91.2 Å². The lowest BCUT2D eigenvalue weighted by molar-refractivity contribution is -0.143. The van der Waals surface area contributed by atoms with Crippen LogP contribution in [0.15, 0.2) is 17.3 Å². The molecule has 0 fully saturated rings. The van der Waals surface area contributed by atoms with Crippen LogP contribution in [0.4, 0.5) is 0 Å². The van der Waals surface area contributed by atoms with E-state index in [2.05, 4.69) is 4.99 Å². The molecule has 0 rings (SSSR count).